The molecule has 0 unspecified atom stereocenters. The molecule has 3 rings (SSSR count). The SMILES string of the molecule is C=CCNc1nc2ccccn2c(=O)c1/C=C1\SC(=S)N(CC(C)C)C1=O. The van der Waals surface area contributed by atoms with Crippen LogP contribution in [-0.2, 0) is 4.79 Å². The molecule has 1 saturated heterocycles. The smallest absolute Gasteiger partial charge is 0.267 e. The van der Waals surface area contributed by atoms with Gasteiger partial charge in [0.15, 0.2) is 0 Å². The number of thiocarbonyl (C=S) groups is 1. The third kappa shape index (κ3) is 3.96. The molecule has 0 saturated carbocycles. The lowest BCUT2D eigenvalue weighted by atomic mass is 10.2. The highest BCUT2D eigenvalue weighted by atomic mass is 32.2. The summed E-state index contributed by atoms with van der Waals surface area (Å²) in [4.78, 5) is 32.3. The second-order valence-corrected chi connectivity index (χ2v) is 8.14. The highest BCUT2D eigenvalue weighted by Gasteiger charge is 2.32. The quantitative estimate of drug-likeness (QED) is 0.456. The number of fused-ring (bicyclic) bond motifs is 1. The Bertz CT molecular complexity index is 1010. The number of thioether (sulfide) groups is 1. The zero-order chi connectivity index (χ0) is 19.6. The van der Waals surface area contributed by atoms with Crippen molar-refractivity contribution in [1.29, 1.82) is 0 Å². The molecule has 0 atom stereocenters. The molecule has 6 nitrogen and oxygen atoms in total. The maximum absolute atomic E-state index is 13.0. The van der Waals surface area contributed by atoms with E-state index in [0.29, 0.717) is 45.3 Å². The Morgan fingerprint density at radius 3 is 2.85 bits per heavy atom. The van der Waals surface area contributed by atoms with Crippen LogP contribution in [0, 0.1) is 5.92 Å². The van der Waals surface area contributed by atoms with Crippen LogP contribution >= 0.6 is 24.0 Å². The molecule has 1 amide bonds. The van der Waals surface area contributed by atoms with Crippen LogP contribution in [0.4, 0.5) is 5.82 Å². The lowest BCUT2D eigenvalue weighted by Gasteiger charge is -2.16. The van der Waals surface area contributed by atoms with Crippen molar-refractivity contribution in [2.45, 2.75) is 13.8 Å². The minimum atomic E-state index is -0.249. The average molecular weight is 401 g/mol. The minimum absolute atomic E-state index is 0.175. The van der Waals surface area contributed by atoms with Gasteiger partial charge in [-0.2, -0.15) is 0 Å². The van der Waals surface area contributed by atoms with Gasteiger partial charge in [0.1, 0.15) is 15.8 Å². The molecule has 8 heteroatoms. The number of anilines is 1. The number of nitrogens with zero attached hydrogens (tertiary/aromatic N) is 3. The van der Waals surface area contributed by atoms with E-state index in [9.17, 15) is 9.59 Å². The standard InChI is InChI=1S/C19H20N4O2S2/c1-4-8-20-16-13(17(24)22-9-6-5-7-15(22)21-16)10-14-18(25)23(11-12(2)3)19(26)27-14/h4-7,9-10,12,20H,1,8,11H2,2-3H3/b14-10-. The summed E-state index contributed by atoms with van der Waals surface area (Å²) in [6.07, 6.45) is 4.92. The van der Waals surface area contributed by atoms with Gasteiger partial charge in [-0.3, -0.25) is 18.9 Å². The van der Waals surface area contributed by atoms with E-state index in [2.05, 4.69) is 16.9 Å². The van der Waals surface area contributed by atoms with Crippen LogP contribution in [-0.4, -0.2) is 37.6 Å². The highest BCUT2D eigenvalue weighted by molar-refractivity contribution is 8.26. The fraction of sp³-hybridized carbons (Fsp3) is 0.263. The molecule has 0 radical (unpaired) electrons. The summed E-state index contributed by atoms with van der Waals surface area (Å²) in [6, 6.07) is 5.33. The molecule has 27 heavy (non-hydrogen) atoms. The van der Waals surface area contributed by atoms with Crippen LogP contribution in [0.1, 0.15) is 19.4 Å². The van der Waals surface area contributed by atoms with E-state index in [1.165, 1.54) is 16.2 Å². The zero-order valence-electron chi connectivity index (χ0n) is 15.1. The fourth-order valence-corrected chi connectivity index (χ4v) is 3.95. The van der Waals surface area contributed by atoms with Crippen molar-refractivity contribution in [2.75, 3.05) is 18.4 Å². The van der Waals surface area contributed by atoms with E-state index >= 15 is 0 Å². The molecular formula is C19H20N4O2S2. The third-order valence-electron chi connectivity index (χ3n) is 3.88. The second kappa shape index (κ2) is 8.06. The van der Waals surface area contributed by atoms with E-state index in [4.69, 9.17) is 12.2 Å². The van der Waals surface area contributed by atoms with Gasteiger partial charge in [0.25, 0.3) is 11.5 Å². The van der Waals surface area contributed by atoms with Gasteiger partial charge in [-0.15, -0.1) is 6.58 Å². The first-order valence-electron chi connectivity index (χ1n) is 8.54. The number of carbonyl (C=O) groups excluding carboxylic acids is 1. The Kier molecular flexibility index (Phi) is 5.76. The molecular weight excluding hydrogens is 380 g/mol. The van der Waals surface area contributed by atoms with Crippen LogP contribution in [0.5, 0.6) is 0 Å². The Labute approximate surface area is 167 Å². The summed E-state index contributed by atoms with van der Waals surface area (Å²) in [5.74, 6) is 0.538. The van der Waals surface area contributed by atoms with E-state index < -0.39 is 0 Å². The van der Waals surface area contributed by atoms with Crippen molar-refractivity contribution < 1.29 is 4.79 Å². The molecule has 1 N–H and O–H groups in total. The van der Waals surface area contributed by atoms with Crippen LogP contribution in [0.2, 0.25) is 0 Å². The molecule has 1 fully saturated rings. The summed E-state index contributed by atoms with van der Waals surface area (Å²) in [6.45, 7) is 8.74. The van der Waals surface area contributed by atoms with Gasteiger partial charge >= 0.3 is 0 Å². The van der Waals surface area contributed by atoms with Crippen LogP contribution in [0.15, 0.2) is 46.8 Å². The van der Waals surface area contributed by atoms with Gasteiger partial charge in [0.05, 0.1) is 10.5 Å². The summed E-state index contributed by atoms with van der Waals surface area (Å²) >= 11 is 6.55. The Balaban J connectivity index is 2.10. The first-order valence-corrected chi connectivity index (χ1v) is 9.76. The van der Waals surface area contributed by atoms with E-state index in [1.807, 2.05) is 19.9 Å². The van der Waals surface area contributed by atoms with Crippen molar-refractivity contribution in [2.24, 2.45) is 5.92 Å². The van der Waals surface area contributed by atoms with E-state index in [1.54, 1.807) is 35.4 Å². The number of hydrogen-bond donors (Lipinski definition) is 1. The van der Waals surface area contributed by atoms with Crippen LogP contribution < -0.4 is 10.9 Å². The van der Waals surface area contributed by atoms with Gasteiger partial charge in [0.2, 0.25) is 0 Å². The first kappa shape index (κ1) is 19.3. The number of aromatic nitrogens is 2. The van der Waals surface area contributed by atoms with Crippen molar-refractivity contribution in [1.82, 2.24) is 14.3 Å². The summed E-state index contributed by atoms with van der Waals surface area (Å²) < 4.78 is 1.97. The molecule has 2 aromatic heterocycles. The van der Waals surface area contributed by atoms with E-state index in [-0.39, 0.29) is 11.5 Å². The summed E-state index contributed by atoms with van der Waals surface area (Å²) in [5.41, 5.74) is 0.602. The maximum atomic E-state index is 13.0. The molecule has 0 spiro atoms. The van der Waals surface area contributed by atoms with Crippen molar-refractivity contribution in [3.8, 4) is 0 Å². The van der Waals surface area contributed by atoms with Crippen LogP contribution in [0.25, 0.3) is 11.7 Å². The summed E-state index contributed by atoms with van der Waals surface area (Å²) in [5, 5.41) is 3.09. The van der Waals surface area contributed by atoms with Gasteiger partial charge in [-0.25, -0.2) is 4.98 Å². The fourth-order valence-electron chi connectivity index (χ4n) is 2.69. The molecule has 0 aromatic carbocycles. The Morgan fingerprint density at radius 1 is 1.37 bits per heavy atom. The highest BCUT2D eigenvalue weighted by Crippen LogP contribution is 2.33. The molecule has 1 aliphatic rings. The molecule has 2 aromatic rings. The molecule has 0 bridgehead atoms. The predicted molar refractivity (Wildman–Crippen MR) is 115 cm³/mol. The monoisotopic (exact) mass is 400 g/mol. The molecule has 140 valence electrons. The maximum Gasteiger partial charge on any atom is 0.267 e. The average Bonchev–Trinajstić information content (AvgIpc) is 2.89. The third-order valence-corrected chi connectivity index (χ3v) is 5.26. The van der Waals surface area contributed by atoms with Crippen LogP contribution in [0.3, 0.4) is 0 Å². The number of amides is 1. The Hall–Kier alpha value is -2.45. The molecule has 0 aliphatic carbocycles. The minimum Gasteiger partial charge on any atom is -0.366 e. The summed E-state index contributed by atoms with van der Waals surface area (Å²) in [7, 11) is 0. The number of nitrogens with one attached hydrogen (secondary N) is 1. The lowest BCUT2D eigenvalue weighted by Crippen LogP contribution is -2.31. The second-order valence-electron chi connectivity index (χ2n) is 6.46. The normalized spacial score (nSPS) is 16.0. The number of carbonyl (C=O) groups is 1. The number of hydrogen-bond acceptors (Lipinski definition) is 6. The zero-order valence-corrected chi connectivity index (χ0v) is 16.8. The lowest BCUT2D eigenvalue weighted by molar-refractivity contribution is -0.122. The Morgan fingerprint density at radius 2 is 2.15 bits per heavy atom. The van der Waals surface area contributed by atoms with Gasteiger partial charge in [0, 0.05) is 19.3 Å². The van der Waals surface area contributed by atoms with E-state index in [0.717, 1.165) is 0 Å². The number of pyridine rings is 1. The topological polar surface area (TPSA) is 66.7 Å². The van der Waals surface area contributed by atoms with Gasteiger partial charge in [-0.05, 0) is 24.1 Å². The largest absolute Gasteiger partial charge is 0.366 e. The van der Waals surface area contributed by atoms with Crippen molar-refractivity contribution in [3.63, 3.8) is 0 Å². The van der Waals surface area contributed by atoms with Gasteiger partial charge < -0.3 is 5.32 Å². The van der Waals surface area contributed by atoms with Gasteiger partial charge in [-0.1, -0.05) is 50.0 Å². The molecule has 3 heterocycles. The van der Waals surface area contributed by atoms with Crippen molar-refractivity contribution >= 4 is 51.7 Å². The predicted octanol–water partition coefficient (Wildman–Crippen LogP) is 3.15. The molecule has 1 aliphatic heterocycles. The van der Waals surface area contributed by atoms with Crippen molar-refractivity contribution in [3.05, 3.63) is 57.9 Å². The first-order chi connectivity index (χ1) is 12.9. The number of rotatable bonds is 6.